The zero-order valence-corrected chi connectivity index (χ0v) is 12.3. The third kappa shape index (κ3) is 4.49. The first kappa shape index (κ1) is 16.0. The molecule has 0 aliphatic heterocycles. The van der Waals surface area contributed by atoms with E-state index in [4.69, 9.17) is 0 Å². The van der Waals surface area contributed by atoms with Crippen LogP contribution in [-0.4, -0.2) is 60.5 Å². The Bertz CT molecular complexity index is 318. The summed E-state index contributed by atoms with van der Waals surface area (Å²) in [6.45, 7) is 4.26. The minimum Gasteiger partial charge on any atom is -0.481 e. The SMILES string of the molecule is CCCN(CCN(C)C)C(=O)C1CCCC1C(=O)O. The smallest absolute Gasteiger partial charge is 0.307 e. The normalized spacial score (nSPS) is 22.7. The summed E-state index contributed by atoms with van der Waals surface area (Å²) in [5.74, 6) is -1.58. The third-order valence-corrected chi connectivity index (χ3v) is 3.77. The minimum atomic E-state index is -0.820. The lowest BCUT2D eigenvalue weighted by atomic mass is 9.94. The fraction of sp³-hybridized carbons (Fsp3) is 0.857. The number of carbonyl (C=O) groups is 2. The van der Waals surface area contributed by atoms with Crippen molar-refractivity contribution in [3.8, 4) is 0 Å². The summed E-state index contributed by atoms with van der Waals surface area (Å²) in [5, 5.41) is 9.18. The molecule has 5 heteroatoms. The van der Waals surface area contributed by atoms with Crippen LogP contribution in [0.15, 0.2) is 0 Å². The van der Waals surface area contributed by atoms with Crippen molar-refractivity contribution in [3.63, 3.8) is 0 Å². The molecule has 0 heterocycles. The van der Waals surface area contributed by atoms with Gasteiger partial charge in [-0.1, -0.05) is 13.3 Å². The second kappa shape index (κ2) is 7.48. The summed E-state index contributed by atoms with van der Waals surface area (Å²) < 4.78 is 0. The van der Waals surface area contributed by atoms with E-state index in [2.05, 4.69) is 0 Å². The van der Waals surface area contributed by atoms with Gasteiger partial charge in [0.15, 0.2) is 0 Å². The molecule has 0 bridgehead atoms. The van der Waals surface area contributed by atoms with Crippen LogP contribution in [0.25, 0.3) is 0 Å². The molecule has 2 atom stereocenters. The maximum absolute atomic E-state index is 12.5. The lowest BCUT2D eigenvalue weighted by Crippen LogP contribution is -2.42. The second-order valence-corrected chi connectivity index (χ2v) is 5.61. The van der Waals surface area contributed by atoms with E-state index in [-0.39, 0.29) is 11.8 Å². The summed E-state index contributed by atoms with van der Waals surface area (Å²) in [4.78, 5) is 27.6. The Labute approximate surface area is 115 Å². The first-order valence-corrected chi connectivity index (χ1v) is 7.13. The van der Waals surface area contributed by atoms with Crippen LogP contribution in [0.5, 0.6) is 0 Å². The molecule has 1 aliphatic rings. The van der Waals surface area contributed by atoms with Crippen molar-refractivity contribution in [3.05, 3.63) is 0 Å². The Kier molecular flexibility index (Phi) is 6.28. The molecule has 19 heavy (non-hydrogen) atoms. The summed E-state index contributed by atoms with van der Waals surface area (Å²) in [6, 6.07) is 0. The number of nitrogens with zero attached hydrogens (tertiary/aromatic N) is 2. The predicted octanol–water partition coefficient (Wildman–Crippen LogP) is 1.29. The maximum atomic E-state index is 12.5. The van der Waals surface area contributed by atoms with Crippen molar-refractivity contribution >= 4 is 11.9 Å². The molecule has 0 aromatic rings. The number of hydrogen-bond donors (Lipinski definition) is 1. The van der Waals surface area contributed by atoms with Crippen LogP contribution in [0, 0.1) is 11.8 Å². The highest BCUT2D eigenvalue weighted by Crippen LogP contribution is 2.33. The summed E-state index contributed by atoms with van der Waals surface area (Å²) in [6.07, 6.45) is 3.11. The lowest BCUT2D eigenvalue weighted by Gasteiger charge is -2.28. The molecule has 0 radical (unpaired) electrons. The van der Waals surface area contributed by atoms with Crippen molar-refractivity contribution in [2.45, 2.75) is 32.6 Å². The van der Waals surface area contributed by atoms with E-state index in [9.17, 15) is 14.7 Å². The molecule has 5 nitrogen and oxygen atoms in total. The lowest BCUT2D eigenvalue weighted by molar-refractivity contribution is -0.149. The average Bonchev–Trinajstić information content (AvgIpc) is 2.82. The largest absolute Gasteiger partial charge is 0.481 e. The molecule has 0 aromatic heterocycles. The highest BCUT2D eigenvalue weighted by atomic mass is 16.4. The van der Waals surface area contributed by atoms with Gasteiger partial charge in [0.25, 0.3) is 0 Å². The van der Waals surface area contributed by atoms with Crippen molar-refractivity contribution < 1.29 is 14.7 Å². The quantitative estimate of drug-likeness (QED) is 0.757. The first-order chi connectivity index (χ1) is 8.97. The van der Waals surface area contributed by atoms with E-state index in [1.807, 2.05) is 30.8 Å². The predicted molar refractivity (Wildman–Crippen MR) is 73.9 cm³/mol. The van der Waals surface area contributed by atoms with Gasteiger partial charge in [-0.05, 0) is 33.4 Å². The molecule has 1 fully saturated rings. The number of likely N-dealkylation sites (N-methyl/N-ethyl adjacent to an activating group) is 1. The monoisotopic (exact) mass is 270 g/mol. The zero-order chi connectivity index (χ0) is 14.4. The van der Waals surface area contributed by atoms with Crippen LogP contribution < -0.4 is 0 Å². The Hall–Kier alpha value is -1.10. The molecule has 1 rings (SSSR count). The third-order valence-electron chi connectivity index (χ3n) is 3.77. The Morgan fingerprint density at radius 3 is 2.26 bits per heavy atom. The Morgan fingerprint density at radius 1 is 1.11 bits per heavy atom. The number of carbonyl (C=O) groups excluding carboxylic acids is 1. The van der Waals surface area contributed by atoms with Crippen LogP contribution >= 0.6 is 0 Å². The molecule has 0 aromatic carbocycles. The van der Waals surface area contributed by atoms with Gasteiger partial charge in [-0.25, -0.2) is 0 Å². The van der Waals surface area contributed by atoms with Gasteiger partial charge < -0.3 is 14.9 Å². The number of hydrogen-bond acceptors (Lipinski definition) is 3. The van der Waals surface area contributed by atoms with Crippen molar-refractivity contribution in [2.24, 2.45) is 11.8 Å². The van der Waals surface area contributed by atoms with Gasteiger partial charge in [0.2, 0.25) is 5.91 Å². The maximum Gasteiger partial charge on any atom is 0.307 e. The minimum absolute atomic E-state index is 0.0357. The van der Waals surface area contributed by atoms with Crippen molar-refractivity contribution in [1.29, 1.82) is 0 Å². The topological polar surface area (TPSA) is 60.9 Å². The van der Waals surface area contributed by atoms with Crippen molar-refractivity contribution in [1.82, 2.24) is 9.80 Å². The van der Waals surface area contributed by atoms with E-state index in [1.54, 1.807) is 0 Å². The molecule has 1 saturated carbocycles. The van der Waals surface area contributed by atoms with Crippen molar-refractivity contribution in [2.75, 3.05) is 33.7 Å². The zero-order valence-electron chi connectivity index (χ0n) is 12.3. The van der Waals surface area contributed by atoms with Gasteiger partial charge in [0.1, 0.15) is 0 Å². The van der Waals surface area contributed by atoms with Crippen LogP contribution in [0.4, 0.5) is 0 Å². The number of rotatable bonds is 7. The van der Waals surface area contributed by atoms with E-state index >= 15 is 0 Å². The number of aliphatic carboxylic acids is 1. The fourth-order valence-electron chi connectivity index (χ4n) is 2.71. The van der Waals surface area contributed by atoms with Gasteiger partial charge in [0.05, 0.1) is 11.8 Å². The van der Waals surface area contributed by atoms with E-state index in [0.717, 1.165) is 32.4 Å². The van der Waals surface area contributed by atoms with E-state index < -0.39 is 11.9 Å². The Morgan fingerprint density at radius 2 is 1.74 bits per heavy atom. The summed E-state index contributed by atoms with van der Waals surface area (Å²) >= 11 is 0. The van der Waals surface area contributed by atoms with Crippen LogP contribution in [0.2, 0.25) is 0 Å². The number of amides is 1. The van der Waals surface area contributed by atoms with Crippen LogP contribution in [-0.2, 0) is 9.59 Å². The molecule has 0 spiro atoms. The average molecular weight is 270 g/mol. The molecule has 1 amide bonds. The van der Waals surface area contributed by atoms with Gasteiger partial charge >= 0.3 is 5.97 Å². The number of carboxylic acids is 1. The van der Waals surface area contributed by atoms with Gasteiger partial charge in [-0.3, -0.25) is 9.59 Å². The standard InChI is InChI=1S/C14H26N2O3/c1-4-8-16(10-9-15(2)3)13(17)11-6-5-7-12(11)14(18)19/h11-12H,4-10H2,1-3H3,(H,18,19). The highest BCUT2D eigenvalue weighted by Gasteiger charge is 2.39. The highest BCUT2D eigenvalue weighted by molar-refractivity contribution is 5.85. The molecular formula is C14H26N2O3. The van der Waals surface area contributed by atoms with Crippen LogP contribution in [0.1, 0.15) is 32.6 Å². The van der Waals surface area contributed by atoms with Gasteiger partial charge in [0, 0.05) is 19.6 Å². The van der Waals surface area contributed by atoms with Crippen LogP contribution in [0.3, 0.4) is 0 Å². The second-order valence-electron chi connectivity index (χ2n) is 5.61. The fourth-order valence-corrected chi connectivity index (χ4v) is 2.71. The summed E-state index contributed by atoms with van der Waals surface area (Å²) in [5.41, 5.74) is 0. The summed E-state index contributed by atoms with van der Waals surface area (Å²) in [7, 11) is 3.95. The molecule has 2 unspecified atom stereocenters. The molecule has 1 aliphatic carbocycles. The number of carboxylic acid groups (broad SMARTS) is 1. The van der Waals surface area contributed by atoms with Gasteiger partial charge in [-0.2, -0.15) is 0 Å². The molecule has 1 N–H and O–H groups in total. The molecule has 0 saturated heterocycles. The van der Waals surface area contributed by atoms with E-state index in [1.165, 1.54) is 0 Å². The first-order valence-electron chi connectivity index (χ1n) is 7.13. The van der Waals surface area contributed by atoms with E-state index in [0.29, 0.717) is 13.0 Å². The Balaban J connectivity index is 2.66. The van der Waals surface area contributed by atoms with Gasteiger partial charge in [-0.15, -0.1) is 0 Å². The molecular weight excluding hydrogens is 244 g/mol. The molecule has 110 valence electrons.